The fraction of sp³-hybridized carbons (Fsp3) is 0.455. The molecule has 0 heterocycles. The maximum absolute atomic E-state index is 13.3. The Kier molecular flexibility index (Phi) is 3.21. The van der Waals surface area contributed by atoms with Crippen LogP contribution in [0, 0.1) is 11.6 Å². The van der Waals surface area contributed by atoms with E-state index >= 15 is 0 Å². The van der Waals surface area contributed by atoms with E-state index in [1.54, 1.807) is 13.8 Å². The Morgan fingerprint density at radius 1 is 1.21 bits per heavy atom. The Labute approximate surface area is 82.4 Å². The summed E-state index contributed by atoms with van der Waals surface area (Å²) in [5, 5.41) is 10.0. The van der Waals surface area contributed by atoms with Crippen molar-refractivity contribution >= 4 is 0 Å². The molecule has 78 valence electrons. The fourth-order valence-electron chi connectivity index (χ4n) is 1.50. The molecule has 0 aliphatic carbocycles. The van der Waals surface area contributed by atoms with E-state index in [1.807, 2.05) is 0 Å². The molecule has 0 aliphatic rings. The molecule has 0 saturated heterocycles. The standard InChI is InChI=1S/C11H14F2O/c1-3-11(14,4-2)9-6-5-8(12)7-10(9)13/h5-7,14H,3-4H2,1-2H3. The number of hydrogen-bond donors (Lipinski definition) is 1. The van der Waals surface area contributed by atoms with Gasteiger partial charge in [-0.05, 0) is 18.9 Å². The molecule has 0 unspecified atom stereocenters. The number of hydrogen-bond acceptors (Lipinski definition) is 1. The summed E-state index contributed by atoms with van der Waals surface area (Å²) in [6.45, 7) is 3.54. The molecule has 0 spiro atoms. The highest BCUT2D eigenvalue weighted by atomic mass is 19.1. The van der Waals surface area contributed by atoms with Crippen molar-refractivity contribution in [2.45, 2.75) is 32.3 Å². The van der Waals surface area contributed by atoms with E-state index in [0.717, 1.165) is 12.1 Å². The van der Waals surface area contributed by atoms with Crippen LogP contribution in [0.1, 0.15) is 32.3 Å². The molecule has 0 bridgehead atoms. The lowest BCUT2D eigenvalue weighted by Crippen LogP contribution is -2.25. The van der Waals surface area contributed by atoms with E-state index in [4.69, 9.17) is 0 Å². The second kappa shape index (κ2) is 4.05. The highest BCUT2D eigenvalue weighted by Gasteiger charge is 2.27. The topological polar surface area (TPSA) is 20.2 Å². The van der Waals surface area contributed by atoms with Crippen LogP contribution in [-0.4, -0.2) is 5.11 Å². The predicted octanol–water partition coefficient (Wildman–Crippen LogP) is 2.97. The normalized spacial score (nSPS) is 11.8. The summed E-state index contributed by atoms with van der Waals surface area (Å²) in [5.74, 6) is -1.31. The molecule has 0 fully saturated rings. The van der Waals surface area contributed by atoms with Gasteiger partial charge in [-0.3, -0.25) is 0 Å². The third-order valence-electron chi connectivity index (χ3n) is 2.60. The predicted molar refractivity (Wildman–Crippen MR) is 50.8 cm³/mol. The van der Waals surface area contributed by atoms with Gasteiger partial charge in [-0.15, -0.1) is 0 Å². The second-order valence-corrected chi connectivity index (χ2v) is 3.36. The van der Waals surface area contributed by atoms with Crippen molar-refractivity contribution in [1.29, 1.82) is 0 Å². The number of benzene rings is 1. The molecule has 1 nitrogen and oxygen atoms in total. The van der Waals surface area contributed by atoms with Crippen LogP contribution in [-0.2, 0) is 5.60 Å². The van der Waals surface area contributed by atoms with Crippen molar-refractivity contribution in [1.82, 2.24) is 0 Å². The Morgan fingerprint density at radius 2 is 1.79 bits per heavy atom. The molecule has 1 rings (SSSR count). The van der Waals surface area contributed by atoms with Crippen LogP contribution >= 0.6 is 0 Å². The van der Waals surface area contributed by atoms with E-state index in [2.05, 4.69) is 0 Å². The number of rotatable bonds is 3. The van der Waals surface area contributed by atoms with Gasteiger partial charge >= 0.3 is 0 Å². The molecular weight excluding hydrogens is 186 g/mol. The highest BCUT2D eigenvalue weighted by molar-refractivity contribution is 5.24. The monoisotopic (exact) mass is 200 g/mol. The van der Waals surface area contributed by atoms with Gasteiger partial charge in [0.25, 0.3) is 0 Å². The third kappa shape index (κ3) is 1.93. The number of halogens is 2. The first kappa shape index (κ1) is 11.1. The Bertz CT molecular complexity index is 319. The summed E-state index contributed by atoms with van der Waals surface area (Å²) in [6, 6.07) is 3.26. The van der Waals surface area contributed by atoms with Crippen molar-refractivity contribution in [3.05, 3.63) is 35.4 Å². The van der Waals surface area contributed by atoms with Gasteiger partial charge in [0.05, 0.1) is 5.60 Å². The van der Waals surface area contributed by atoms with Crippen LogP contribution < -0.4 is 0 Å². The summed E-state index contributed by atoms with van der Waals surface area (Å²) in [5.41, 5.74) is -1.01. The summed E-state index contributed by atoms with van der Waals surface area (Å²) >= 11 is 0. The molecule has 3 heteroatoms. The minimum Gasteiger partial charge on any atom is -0.385 e. The molecule has 1 N–H and O–H groups in total. The maximum Gasteiger partial charge on any atom is 0.132 e. The summed E-state index contributed by atoms with van der Waals surface area (Å²) in [7, 11) is 0. The Hall–Kier alpha value is -0.960. The van der Waals surface area contributed by atoms with Gasteiger partial charge < -0.3 is 5.11 Å². The molecule has 0 saturated carbocycles. The van der Waals surface area contributed by atoms with Crippen LogP contribution in [0.4, 0.5) is 8.78 Å². The quantitative estimate of drug-likeness (QED) is 0.795. The first-order chi connectivity index (χ1) is 6.53. The molecule has 14 heavy (non-hydrogen) atoms. The largest absolute Gasteiger partial charge is 0.385 e. The second-order valence-electron chi connectivity index (χ2n) is 3.36. The van der Waals surface area contributed by atoms with Gasteiger partial charge in [-0.2, -0.15) is 0 Å². The minimum absolute atomic E-state index is 0.170. The lowest BCUT2D eigenvalue weighted by Gasteiger charge is -2.26. The maximum atomic E-state index is 13.3. The average Bonchev–Trinajstić information content (AvgIpc) is 2.17. The van der Waals surface area contributed by atoms with Crippen LogP contribution in [0.5, 0.6) is 0 Å². The van der Waals surface area contributed by atoms with Gasteiger partial charge in [0.15, 0.2) is 0 Å². The van der Waals surface area contributed by atoms with Gasteiger partial charge in [0.1, 0.15) is 11.6 Å². The number of aliphatic hydroxyl groups is 1. The first-order valence-electron chi connectivity index (χ1n) is 4.71. The third-order valence-corrected chi connectivity index (χ3v) is 2.60. The average molecular weight is 200 g/mol. The molecule has 0 aromatic heterocycles. The van der Waals surface area contributed by atoms with Crippen LogP contribution in [0.2, 0.25) is 0 Å². The Balaban J connectivity index is 3.17. The molecule has 0 aliphatic heterocycles. The zero-order valence-electron chi connectivity index (χ0n) is 8.35. The SMILES string of the molecule is CCC(O)(CC)c1ccc(F)cc1F. The van der Waals surface area contributed by atoms with Crippen molar-refractivity contribution in [2.24, 2.45) is 0 Å². The van der Waals surface area contributed by atoms with Gasteiger partial charge in [-0.1, -0.05) is 19.9 Å². The lowest BCUT2D eigenvalue weighted by atomic mass is 9.88. The van der Waals surface area contributed by atoms with Gasteiger partial charge in [0, 0.05) is 11.6 Å². The zero-order valence-corrected chi connectivity index (χ0v) is 8.35. The van der Waals surface area contributed by atoms with Crippen LogP contribution in [0.3, 0.4) is 0 Å². The van der Waals surface area contributed by atoms with E-state index in [9.17, 15) is 13.9 Å². The lowest BCUT2D eigenvalue weighted by molar-refractivity contribution is 0.0248. The zero-order chi connectivity index (χ0) is 10.8. The van der Waals surface area contributed by atoms with Gasteiger partial charge in [-0.25, -0.2) is 8.78 Å². The highest BCUT2D eigenvalue weighted by Crippen LogP contribution is 2.30. The molecule has 1 aromatic rings. The van der Waals surface area contributed by atoms with Gasteiger partial charge in [0.2, 0.25) is 0 Å². The van der Waals surface area contributed by atoms with Crippen LogP contribution in [0.15, 0.2) is 18.2 Å². The summed E-state index contributed by atoms with van der Waals surface area (Å²) < 4.78 is 25.9. The van der Waals surface area contributed by atoms with Crippen molar-refractivity contribution in [2.75, 3.05) is 0 Å². The van der Waals surface area contributed by atoms with Crippen molar-refractivity contribution in [3.63, 3.8) is 0 Å². The van der Waals surface area contributed by atoms with Crippen LogP contribution in [0.25, 0.3) is 0 Å². The van der Waals surface area contributed by atoms with E-state index < -0.39 is 17.2 Å². The van der Waals surface area contributed by atoms with E-state index in [1.165, 1.54) is 6.07 Å². The molecule has 0 atom stereocenters. The molecule has 0 radical (unpaired) electrons. The minimum atomic E-state index is -1.18. The van der Waals surface area contributed by atoms with E-state index in [-0.39, 0.29) is 5.56 Å². The van der Waals surface area contributed by atoms with Crippen molar-refractivity contribution < 1.29 is 13.9 Å². The first-order valence-corrected chi connectivity index (χ1v) is 4.71. The molecule has 0 amide bonds. The molecular formula is C11H14F2O. The van der Waals surface area contributed by atoms with Crippen molar-refractivity contribution in [3.8, 4) is 0 Å². The fourth-order valence-corrected chi connectivity index (χ4v) is 1.50. The smallest absolute Gasteiger partial charge is 0.132 e. The van der Waals surface area contributed by atoms with E-state index in [0.29, 0.717) is 12.8 Å². The molecule has 1 aromatic carbocycles. The Morgan fingerprint density at radius 3 is 2.21 bits per heavy atom. The summed E-state index contributed by atoms with van der Waals surface area (Å²) in [6.07, 6.45) is 0.818. The summed E-state index contributed by atoms with van der Waals surface area (Å²) in [4.78, 5) is 0.